The quantitative estimate of drug-likeness (QED) is 0.788. The third-order valence-corrected chi connectivity index (χ3v) is 3.67. The number of rotatable bonds is 5. The third-order valence-electron chi connectivity index (χ3n) is 3.67. The van der Waals surface area contributed by atoms with Gasteiger partial charge in [0.15, 0.2) is 6.61 Å². The normalized spacial score (nSPS) is 10.7. The number of imidazole rings is 1. The SMILES string of the molecule is Cc1ccc(OCC(=O)NCc2c(C)nc3ccccn23)cc1. The van der Waals surface area contributed by atoms with Crippen LogP contribution in [0, 0.1) is 13.8 Å². The minimum Gasteiger partial charge on any atom is -0.484 e. The number of amides is 1. The van der Waals surface area contributed by atoms with Crippen molar-refractivity contribution >= 4 is 11.6 Å². The van der Waals surface area contributed by atoms with E-state index in [2.05, 4.69) is 10.3 Å². The molecule has 0 aliphatic heterocycles. The van der Waals surface area contributed by atoms with Gasteiger partial charge in [-0.25, -0.2) is 4.98 Å². The molecule has 0 atom stereocenters. The van der Waals surface area contributed by atoms with Crippen LogP contribution in [0.5, 0.6) is 5.75 Å². The molecule has 1 amide bonds. The van der Waals surface area contributed by atoms with E-state index >= 15 is 0 Å². The second-order valence-corrected chi connectivity index (χ2v) is 5.45. The maximum atomic E-state index is 12.0. The van der Waals surface area contributed by atoms with Crippen LogP contribution in [0.3, 0.4) is 0 Å². The number of carbonyl (C=O) groups excluding carboxylic acids is 1. The summed E-state index contributed by atoms with van der Waals surface area (Å²) in [6, 6.07) is 13.5. The maximum Gasteiger partial charge on any atom is 0.258 e. The van der Waals surface area contributed by atoms with Crippen LogP contribution in [-0.2, 0) is 11.3 Å². The topological polar surface area (TPSA) is 55.6 Å². The lowest BCUT2D eigenvalue weighted by Gasteiger charge is -2.08. The van der Waals surface area contributed by atoms with E-state index in [1.54, 1.807) is 0 Å². The van der Waals surface area contributed by atoms with Crippen molar-refractivity contribution in [3.05, 3.63) is 65.6 Å². The van der Waals surface area contributed by atoms with Gasteiger partial charge in [-0.05, 0) is 38.1 Å². The molecule has 0 unspecified atom stereocenters. The predicted molar refractivity (Wildman–Crippen MR) is 88.4 cm³/mol. The van der Waals surface area contributed by atoms with E-state index in [1.807, 2.05) is 66.9 Å². The molecule has 0 fully saturated rings. The highest BCUT2D eigenvalue weighted by molar-refractivity contribution is 5.77. The lowest BCUT2D eigenvalue weighted by molar-refractivity contribution is -0.123. The number of nitrogens with zero attached hydrogens (tertiary/aromatic N) is 2. The highest BCUT2D eigenvalue weighted by atomic mass is 16.5. The molecule has 0 saturated carbocycles. The monoisotopic (exact) mass is 309 g/mol. The molecular weight excluding hydrogens is 290 g/mol. The standard InChI is InChI=1S/C18H19N3O2/c1-13-6-8-15(9-7-13)23-12-18(22)19-11-16-14(2)20-17-5-3-4-10-21(16)17/h3-10H,11-12H2,1-2H3,(H,19,22). The van der Waals surface area contributed by atoms with Gasteiger partial charge in [-0.15, -0.1) is 0 Å². The summed E-state index contributed by atoms with van der Waals surface area (Å²) in [4.78, 5) is 16.4. The van der Waals surface area contributed by atoms with Crippen LogP contribution in [0.15, 0.2) is 48.7 Å². The van der Waals surface area contributed by atoms with Crippen molar-refractivity contribution in [2.24, 2.45) is 0 Å². The molecule has 118 valence electrons. The van der Waals surface area contributed by atoms with E-state index in [9.17, 15) is 4.79 Å². The Kier molecular flexibility index (Phi) is 4.28. The smallest absolute Gasteiger partial charge is 0.258 e. The van der Waals surface area contributed by atoms with Gasteiger partial charge < -0.3 is 14.5 Å². The Labute approximate surface area is 134 Å². The molecule has 0 bridgehead atoms. The molecule has 5 heteroatoms. The Morgan fingerprint density at radius 1 is 1.17 bits per heavy atom. The summed E-state index contributed by atoms with van der Waals surface area (Å²) in [5, 5.41) is 2.87. The Morgan fingerprint density at radius 3 is 2.74 bits per heavy atom. The van der Waals surface area contributed by atoms with Gasteiger partial charge in [-0.3, -0.25) is 4.79 Å². The molecule has 1 N–H and O–H groups in total. The van der Waals surface area contributed by atoms with E-state index in [0.29, 0.717) is 12.3 Å². The molecule has 1 aromatic carbocycles. The number of hydrogen-bond donors (Lipinski definition) is 1. The zero-order valence-corrected chi connectivity index (χ0v) is 13.2. The third kappa shape index (κ3) is 3.51. The molecular formula is C18H19N3O2. The van der Waals surface area contributed by atoms with Gasteiger partial charge in [0, 0.05) is 6.20 Å². The first-order chi connectivity index (χ1) is 11.1. The van der Waals surface area contributed by atoms with Crippen LogP contribution in [0.1, 0.15) is 17.0 Å². The number of aryl methyl sites for hydroxylation is 2. The molecule has 23 heavy (non-hydrogen) atoms. The predicted octanol–water partition coefficient (Wildman–Crippen LogP) is 2.65. The zero-order chi connectivity index (χ0) is 16.2. The van der Waals surface area contributed by atoms with Crippen LogP contribution < -0.4 is 10.1 Å². The summed E-state index contributed by atoms with van der Waals surface area (Å²) < 4.78 is 7.46. The zero-order valence-electron chi connectivity index (χ0n) is 13.2. The van der Waals surface area contributed by atoms with Crippen molar-refractivity contribution in [3.8, 4) is 5.75 Å². The lowest BCUT2D eigenvalue weighted by Crippen LogP contribution is -2.29. The van der Waals surface area contributed by atoms with Crippen molar-refractivity contribution in [2.75, 3.05) is 6.61 Å². The van der Waals surface area contributed by atoms with Gasteiger partial charge in [-0.1, -0.05) is 23.8 Å². The van der Waals surface area contributed by atoms with Crippen LogP contribution in [0.25, 0.3) is 5.65 Å². The van der Waals surface area contributed by atoms with Gasteiger partial charge in [-0.2, -0.15) is 0 Å². The number of benzene rings is 1. The van der Waals surface area contributed by atoms with Gasteiger partial charge in [0.05, 0.1) is 17.9 Å². The number of hydrogen-bond acceptors (Lipinski definition) is 3. The van der Waals surface area contributed by atoms with Gasteiger partial charge in [0.25, 0.3) is 5.91 Å². The Bertz CT molecular complexity index is 822. The summed E-state index contributed by atoms with van der Waals surface area (Å²) in [5.74, 6) is 0.535. The molecule has 2 aromatic heterocycles. The van der Waals surface area contributed by atoms with Crippen LogP contribution in [0.2, 0.25) is 0 Å². The summed E-state index contributed by atoms with van der Waals surface area (Å²) in [6.07, 6.45) is 1.94. The second-order valence-electron chi connectivity index (χ2n) is 5.45. The molecule has 0 aliphatic carbocycles. The molecule has 3 aromatic rings. The average Bonchev–Trinajstić information content (AvgIpc) is 2.87. The fourth-order valence-corrected chi connectivity index (χ4v) is 2.39. The second kappa shape index (κ2) is 6.52. The summed E-state index contributed by atoms with van der Waals surface area (Å²) in [5.41, 5.74) is 3.93. The van der Waals surface area contributed by atoms with Gasteiger partial charge >= 0.3 is 0 Å². The molecule has 2 heterocycles. The average molecular weight is 309 g/mol. The summed E-state index contributed by atoms with van der Waals surface area (Å²) in [6.45, 7) is 4.37. The number of nitrogens with one attached hydrogen (secondary N) is 1. The van der Waals surface area contributed by atoms with Crippen molar-refractivity contribution in [3.63, 3.8) is 0 Å². The molecule has 3 rings (SSSR count). The minimum absolute atomic E-state index is 0.00115. The fourth-order valence-electron chi connectivity index (χ4n) is 2.39. The first-order valence-electron chi connectivity index (χ1n) is 7.52. The fraction of sp³-hybridized carbons (Fsp3) is 0.222. The van der Waals surface area contributed by atoms with Crippen molar-refractivity contribution in [1.82, 2.24) is 14.7 Å². The highest BCUT2D eigenvalue weighted by Crippen LogP contribution is 2.12. The molecule has 5 nitrogen and oxygen atoms in total. The van der Waals surface area contributed by atoms with Crippen molar-refractivity contribution in [1.29, 1.82) is 0 Å². The Balaban J connectivity index is 1.58. The number of aromatic nitrogens is 2. The molecule has 0 radical (unpaired) electrons. The van der Waals surface area contributed by atoms with Gasteiger partial charge in [0.2, 0.25) is 0 Å². The van der Waals surface area contributed by atoms with Crippen LogP contribution in [0.4, 0.5) is 0 Å². The molecule has 0 spiro atoms. The number of fused-ring (bicyclic) bond motifs is 1. The van der Waals surface area contributed by atoms with Gasteiger partial charge in [0.1, 0.15) is 11.4 Å². The summed E-state index contributed by atoms with van der Waals surface area (Å²) in [7, 11) is 0. The minimum atomic E-state index is -0.157. The van der Waals surface area contributed by atoms with Crippen LogP contribution in [-0.4, -0.2) is 21.9 Å². The van der Waals surface area contributed by atoms with E-state index in [-0.39, 0.29) is 12.5 Å². The lowest BCUT2D eigenvalue weighted by atomic mass is 10.2. The number of pyridine rings is 1. The largest absolute Gasteiger partial charge is 0.484 e. The van der Waals surface area contributed by atoms with Crippen molar-refractivity contribution in [2.45, 2.75) is 20.4 Å². The highest BCUT2D eigenvalue weighted by Gasteiger charge is 2.10. The van der Waals surface area contributed by atoms with Crippen LogP contribution >= 0.6 is 0 Å². The first kappa shape index (κ1) is 15.1. The number of carbonyl (C=O) groups is 1. The Hall–Kier alpha value is -2.82. The van der Waals surface area contributed by atoms with E-state index in [0.717, 1.165) is 22.6 Å². The van der Waals surface area contributed by atoms with E-state index in [4.69, 9.17) is 4.74 Å². The Morgan fingerprint density at radius 2 is 1.96 bits per heavy atom. The maximum absolute atomic E-state index is 12.0. The van der Waals surface area contributed by atoms with E-state index in [1.165, 1.54) is 0 Å². The van der Waals surface area contributed by atoms with E-state index < -0.39 is 0 Å². The molecule has 0 aliphatic rings. The summed E-state index contributed by atoms with van der Waals surface area (Å²) >= 11 is 0. The first-order valence-corrected chi connectivity index (χ1v) is 7.52. The molecule has 0 saturated heterocycles. The number of ether oxygens (including phenoxy) is 1. The van der Waals surface area contributed by atoms with Crippen molar-refractivity contribution < 1.29 is 9.53 Å².